The number of ketones is 1. The van der Waals surface area contributed by atoms with Crippen LogP contribution in [0.1, 0.15) is 36.0 Å². The van der Waals surface area contributed by atoms with Crippen LogP contribution in [-0.2, 0) is 14.4 Å². The average molecular weight is 293 g/mol. The van der Waals surface area contributed by atoms with E-state index in [1.165, 1.54) is 24.3 Å². The summed E-state index contributed by atoms with van der Waals surface area (Å²) in [6.45, 7) is 0. The van der Waals surface area contributed by atoms with Gasteiger partial charge in [-0.2, -0.15) is 0 Å². The van der Waals surface area contributed by atoms with Gasteiger partial charge in [-0.25, -0.2) is 0 Å². The fourth-order valence-corrected chi connectivity index (χ4v) is 1.55. The lowest BCUT2D eigenvalue weighted by Gasteiger charge is -2.05. The Balaban J connectivity index is 2.53. The van der Waals surface area contributed by atoms with Gasteiger partial charge >= 0.3 is 11.9 Å². The Kier molecular flexibility index (Phi) is 6.06. The van der Waals surface area contributed by atoms with E-state index in [0.29, 0.717) is 11.3 Å². The van der Waals surface area contributed by atoms with Crippen molar-refractivity contribution in [2.45, 2.75) is 25.7 Å². The Morgan fingerprint density at radius 2 is 1.33 bits per heavy atom. The molecule has 7 heteroatoms. The zero-order valence-corrected chi connectivity index (χ0v) is 11.2. The zero-order chi connectivity index (χ0) is 15.8. The molecule has 0 aliphatic heterocycles. The number of carboxylic acid groups (broad SMARTS) is 2. The summed E-state index contributed by atoms with van der Waals surface area (Å²) in [5.74, 6) is -2.81. The maximum atomic E-state index is 11.6. The lowest BCUT2D eigenvalue weighted by Crippen LogP contribution is -2.13. The molecule has 0 radical (unpaired) electrons. The lowest BCUT2D eigenvalue weighted by molar-refractivity contribution is -0.138. The summed E-state index contributed by atoms with van der Waals surface area (Å²) in [6, 6.07) is 5.98. The second-order valence-electron chi connectivity index (χ2n) is 4.34. The van der Waals surface area contributed by atoms with E-state index in [1.807, 2.05) is 0 Å². The van der Waals surface area contributed by atoms with Crippen molar-refractivity contribution < 1.29 is 29.4 Å². The molecule has 1 aromatic rings. The molecular formula is C14H15NO6. The van der Waals surface area contributed by atoms with Gasteiger partial charge in [0.1, 0.15) is 0 Å². The number of anilines is 1. The van der Waals surface area contributed by atoms with E-state index in [0.717, 1.165) is 0 Å². The summed E-state index contributed by atoms with van der Waals surface area (Å²) in [7, 11) is 0. The van der Waals surface area contributed by atoms with Crippen LogP contribution < -0.4 is 5.32 Å². The predicted molar refractivity (Wildman–Crippen MR) is 73.1 cm³/mol. The highest BCUT2D eigenvalue weighted by atomic mass is 16.4. The Labute approximate surface area is 120 Å². The molecule has 0 unspecified atom stereocenters. The minimum Gasteiger partial charge on any atom is -0.481 e. The van der Waals surface area contributed by atoms with Crippen LogP contribution in [0.15, 0.2) is 24.3 Å². The smallest absolute Gasteiger partial charge is 0.303 e. The van der Waals surface area contributed by atoms with Gasteiger partial charge in [0.2, 0.25) is 5.91 Å². The van der Waals surface area contributed by atoms with Crippen LogP contribution in [-0.4, -0.2) is 33.8 Å². The molecule has 21 heavy (non-hydrogen) atoms. The molecule has 0 aromatic heterocycles. The van der Waals surface area contributed by atoms with E-state index in [-0.39, 0.29) is 31.5 Å². The average Bonchev–Trinajstić information content (AvgIpc) is 2.43. The molecule has 1 aromatic carbocycles. The molecule has 0 fully saturated rings. The molecule has 1 amide bonds. The van der Waals surface area contributed by atoms with Crippen molar-refractivity contribution in [3.63, 3.8) is 0 Å². The van der Waals surface area contributed by atoms with Gasteiger partial charge in [0.15, 0.2) is 5.78 Å². The zero-order valence-electron chi connectivity index (χ0n) is 11.2. The second kappa shape index (κ2) is 7.78. The molecule has 0 aliphatic rings. The molecule has 0 heterocycles. The van der Waals surface area contributed by atoms with Crippen LogP contribution in [0.5, 0.6) is 0 Å². The topological polar surface area (TPSA) is 121 Å². The third kappa shape index (κ3) is 6.33. The van der Waals surface area contributed by atoms with Crippen LogP contribution in [0.25, 0.3) is 0 Å². The van der Waals surface area contributed by atoms with Gasteiger partial charge < -0.3 is 15.5 Å². The van der Waals surface area contributed by atoms with Crippen molar-refractivity contribution in [1.29, 1.82) is 0 Å². The highest BCUT2D eigenvalue weighted by Crippen LogP contribution is 2.12. The molecule has 0 atom stereocenters. The first-order chi connectivity index (χ1) is 9.88. The van der Waals surface area contributed by atoms with Gasteiger partial charge in [0, 0.05) is 24.1 Å². The summed E-state index contributed by atoms with van der Waals surface area (Å²) < 4.78 is 0. The number of hydrogen-bond donors (Lipinski definition) is 3. The molecule has 0 aliphatic carbocycles. The van der Waals surface area contributed by atoms with Crippen molar-refractivity contribution in [1.82, 2.24) is 0 Å². The second-order valence-corrected chi connectivity index (χ2v) is 4.34. The minimum atomic E-state index is -1.05. The Morgan fingerprint density at radius 1 is 0.810 bits per heavy atom. The normalized spacial score (nSPS) is 9.90. The Hall–Kier alpha value is -2.70. The Bertz CT molecular complexity index is 549. The molecule has 3 N–H and O–H groups in total. The van der Waals surface area contributed by atoms with Crippen molar-refractivity contribution in [3.05, 3.63) is 29.8 Å². The summed E-state index contributed by atoms with van der Waals surface area (Å²) >= 11 is 0. The fourth-order valence-electron chi connectivity index (χ4n) is 1.55. The number of carbonyl (C=O) groups is 4. The largest absolute Gasteiger partial charge is 0.481 e. The van der Waals surface area contributed by atoms with Gasteiger partial charge in [-0.15, -0.1) is 0 Å². The number of carbonyl (C=O) groups excluding carboxylic acids is 2. The molecule has 7 nitrogen and oxygen atoms in total. The van der Waals surface area contributed by atoms with E-state index >= 15 is 0 Å². The molecule has 112 valence electrons. The van der Waals surface area contributed by atoms with Gasteiger partial charge in [-0.3, -0.25) is 19.2 Å². The third-order valence-electron chi connectivity index (χ3n) is 2.62. The molecule has 0 saturated heterocycles. The number of amides is 1. The fraction of sp³-hybridized carbons (Fsp3) is 0.286. The van der Waals surface area contributed by atoms with Crippen molar-refractivity contribution in [3.8, 4) is 0 Å². The van der Waals surface area contributed by atoms with Gasteiger partial charge in [-0.05, 0) is 24.3 Å². The number of rotatable bonds is 8. The first-order valence-corrected chi connectivity index (χ1v) is 6.25. The van der Waals surface area contributed by atoms with Crippen molar-refractivity contribution in [2.24, 2.45) is 0 Å². The summed E-state index contributed by atoms with van der Waals surface area (Å²) in [5, 5.41) is 19.5. The molecule has 0 spiro atoms. The highest BCUT2D eigenvalue weighted by Gasteiger charge is 2.09. The number of nitrogens with one attached hydrogen (secondary N) is 1. The number of Topliss-reactive ketones (excluding diaryl/α,β-unsaturated/α-hetero) is 1. The standard InChI is InChI=1S/C14H15NO6/c16-11(5-7-13(18)19)9-1-3-10(4-2-9)15-12(17)6-8-14(20)21/h1-4H,5-8H2,(H,15,17)(H,18,19)(H,20,21). The van der Waals surface area contributed by atoms with Crippen LogP contribution in [0, 0.1) is 0 Å². The van der Waals surface area contributed by atoms with Crippen LogP contribution >= 0.6 is 0 Å². The summed E-state index contributed by atoms with van der Waals surface area (Å²) in [4.78, 5) is 43.8. The third-order valence-corrected chi connectivity index (χ3v) is 2.62. The predicted octanol–water partition coefficient (Wildman–Crippen LogP) is 1.54. The molecule has 0 saturated carbocycles. The molecular weight excluding hydrogens is 278 g/mol. The van der Waals surface area contributed by atoms with Crippen molar-refractivity contribution in [2.75, 3.05) is 5.32 Å². The minimum absolute atomic E-state index is 0.0837. The molecule has 1 rings (SSSR count). The Morgan fingerprint density at radius 3 is 1.86 bits per heavy atom. The van der Waals surface area contributed by atoms with E-state index in [2.05, 4.69) is 5.32 Å². The lowest BCUT2D eigenvalue weighted by atomic mass is 10.1. The van der Waals surface area contributed by atoms with E-state index in [9.17, 15) is 19.2 Å². The van der Waals surface area contributed by atoms with Crippen LogP contribution in [0.2, 0.25) is 0 Å². The quantitative estimate of drug-likeness (QED) is 0.625. The van der Waals surface area contributed by atoms with Gasteiger partial charge in [0.05, 0.1) is 12.8 Å². The number of carboxylic acids is 2. The number of hydrogen-bond acceptors (Lipinski definition) is 4. The number of benzene rings is 1. The van der Waals surface area contributed by atoms with Gasteiger partial charge in [-0.1, -0.05) is 0 Å². The van der Waals surface area contributed by atoms with E-state index in [1.54, 1.807) is 0 Å². The SMILES string of the molecule is O=C(O)CCC(=O)Nc1ccc(C(=O)CCC(=O)O)cc1. The maximum Gasteiger partial charge on any atom is 0.303 e. The first-order valence-electron chi connectivity index (χ1n) is 6.25. The van der Waals surface area contributed by atoms with E-state index < -0.39 is 17.8 Å². The highest BCUT2D eigenvalue weighted by molar-refractivity contribution is 5.98. The first kappa shape index (κ1) is 16.4. The molecule has 0 bridgehead atoms. The summed E-state index contributed by atoms with van der Waals surface area (Å²) in [5.41, 5.74) is 0.806. The maximum absolute atomic E-state index is 11.6. The van der Waals surface area contributed by atoms with E-state index in [4.69, 9.17) is 10.2 Å². The van der Waals surface area contributed by atoms with Crippen LogP contribution in [0.4, 0.5) is 5.69 Å². The monoisotopic (exact) mass is 293 g/mol. The van der Waals surface area contributed by atoms with Crippen molar-refractivity contribution >= 4 is 29.3 Å². The van der Waals surface area contributed by atoms with Gasteiger partial charge in [0.25, 0.3) is 0 Å². The number of aliphatic carboxylic acids is 2. The summed E-state index contributed by atoms with van der Waals surface area (Å²) in [6.07, 6.45) is -0.696. The van der Waals surface area contributed by atoms with Crippen LogP contribution in [0.3, 0.4) is 0 Å².